The van der Waals surface area contributed by atoms with Crippen LogP contribution in [-0.2, 0) is 14.3 Å². The van der Waals surface area contributed by atoms with Gasteiger partial charge in [-0.15, -0.1) is 0 Å². The van der Waals surface area contributed by atoms with Gasteiger partial charge in [-0.3, -0.25) is 4.79 Å². The topological polar surface area (TPSA) is 149 Å². The van der Waals surface area contributed by atoms with Crippen molar-refractivity contribution in [3.05, 3.63) is 24.3 Å². The summed E-state index contributed by atoms with van der Waals surface area (Å²) in [5.41, 5.74) is 0. The molecule has 1 aliphatic rings. The first-order valence-electron chi connectivity index (χ1n) is 22.6. The third-order valence-corrected chi connectivity index (χ3v) is 10.8. The van der Waals surface area contributed by atoms with Crippen LogP contribution in [0, 0.1) is 0 Å². The van der Waals surface area contributed by atoms with Crippen molar-refractivity contribution in [2.24, 2.45) is 0 Å². The van der Waals surface area contributed by atoms with Crippen molar-refractivity contribution < 1.29 is 39.8 Å². The van der Waals surface area contributed by atoms with Gasteiger partial charge in [-0.25, -0.2) is 0 Å². The first kappa shape index (κ1) is 50.7. The molecule has 0 aromatic carbocycles. The van der Waals surface area contributed by atoms with E-state index in [9.17, 15) is 30.3 Å². The fourth-order valence-electron chi connectivity index (χ4n) is 7.11. The third kappa shape index (κ3) is 26.5. The number of unbranched alkanes of at least 4 members (excludes halogenated alkanes) is 25. The zero-order valence-electron chi connectivity index (χ0n) is 34.7. The summed E-state index contributed by atoms with van der Waals surface area (Å²) in [4.78, 5) is 12.6. The van der Waals surface area contributed by atoms with Crippen molar-refractivity contribution >= 4 is 5.91 Å². The Morgan fingerprint density at radius 2 is 1.06 bits per heavy atom. The molecule has 7 unspecified atom stereocenters. The second kappa shape index (κ2) is 36.0. The highest BCUT2D eigenvalue weighted by molar-refractivity contribution is 5.76. The zero-order valence-corrected chi connectivity index (χ0v) is 34.7. The Hall–Kier alpha value is -1.33. The van der Waals surface area contributed by atoms with E-state index in [1.807, 2.05) is 6.08 Å². The minimum Gasteiger partial charge on any atom is -0.394 e. The molecule has 9 heteroatoms. The normalized spacial score (nSPS) is 21.6. The van der Waals surface area contributed by atoms with Crippen LogP contribution in [0.25, 0.3) is 0 Å². The Bertz CT molecular complexity index is 899. The Morgan fingerprint density at radius 3 is 1.56 bits per heavy atom. The van der Waals surface area contributed by atoms with Gasteiger partial charge in [0.2, 0.25) is 5.91 Å². The fraction of sp³-hybridized carbons (Fsp3) is 0.889. The number of carbonyl (C=O) groups is 1. The van der Waals surface area contributed by atoms with E-state index in [1.54, 1.807) is 6.08 Å². The van der Waals surface area contributed by atoms with E-state index in [1.165, 1.54) is 135 Å². The van der Waals surface area contributed by atoms with E-state index in [4.69, 9.17) is 9.47 Å². The molecule has 0 saturated carbocycles. The molecule has 6 N–H and O–H groups in total. The summed E-state index contributed by atoms with van der Waals surface area (Å²) in [6.07, 6.45) is 36.0. The predicted octanol–water partition coefficient (Wildman–Crippen LogP) is 9.11. The molecule has 1 fully saturated rings. The Kier molecular flexibility index (Phi) is 33.8. The quantitative estimate of drug-likeness (QED) is 0.0271. The molecule has 1 aliphatic heterocycles. The van der Waals surface area contributed by atoms with Crippen LogP contribution in [-0.4, -0.2) is 87.5 Å². The van der Waals surface area contributed by atoms with Gasteiger partial charge in [0.05, 0.1) is 25.4 Å². The molecule has 1 amide bonds. The number of aliphatic hydroxyl groups is 5. The molecule has 54 heavy (non-hydrogen) atoms. The number of hydrogen-bond acceptors (Lipinski definition) is 8. The highest BCUT2D eigenvalue weighted by Gasteiger charge is 2.44. The molecule has 9 nitrogen and oxygen atoms in total. The first-order chi connectivity index (χ1) is 26.3. The molecule has 0 radical (unpaired) electrons. The average Bonchev–Trinajstić information content (AvgIpc) is 3.17. The summed E-state index contributed by atoms with van der Waals surface area (Å²) in [7, 11) is 0. The summed E-state index contributed by atoms with van der Waals surface area (Å²) in [6, 6.07) is -0.813. The lowest BCUT2D eigenvalue weighted by molar-refractivity contribution is -0.302. The molecule has 1 saturated heterocycles. The van der Waals surface area contributed by atoms with Gasteiger partial charge in [0, 0.05) is 6.42 Å². The summed E-state index contributed by atoms with van der Waals surface area (Å²) in [5, 5.41) is 53.7. The van der Waals surface area contributed by atoms with Crippen LogP contribution >= 0.6 is 0 Å². The molecule has 0 aliphatic carbocycles. The maximum atomic E-state index is 12.6. The molecule has 0 bridgehead atoms. The zero-order chi connectivity index (χ0) is 39.5. The Labute approximate surface area is 330 Å². The number of nitrogens with one attached hydrogen (secondary N) is 1. The first-order valence-corrected chi connectivity index (χ1v) is 22.6. The monoisotopic (exact) mass is 768 g/mol. The highest BCUT2D eigenvalue weighted by Crippen LogP contribution is 2.22. The Morgan fingerprint density at radius 1 is 0.611 bits per heavy atom. The van der Waals surface area contributed by atoms with E-state index in [-0.39, 0.29) is 12.5 Å². The summed E-state index contributed by atoms with van der Waals surface area (Å²) in [5.74, 6) is -0.205. The number of rotatable bonds is 37. The maximum absolute atomic E-state index is 12.6. The minimum absolute atomic E-state index is 0.200. The molecule has 0 aromatic heterocycles. The van der Waals surface area contributed by atoms with Gasteiger partial charge in [-0.05, 0) is 32.1 Å². The molecule has 1 rings (SSSR count). The van der Waals surface area contributed by atoms with E-state index in [0.717, 1.165) is 44.9 Å². The number of allylic oxidation sites excluding steroid dienone is 3. The molecule has 318 valence electrons. The van der Waals surface area contributed by atoms with Crippen LogP contribution in [0.5, 0.6) is 0 Å². The van der Waals surface area contributed by atoms with Gasteiger partial charge in [-0.2, -0.15) is 0 Å². The van der Waals surface area contributed by atoms with Gasteiger partial charge < -0.3 is 40.3 Å². The SMILES string of the molecule is CCCCCCCCCCCCCCCCCCCCCCC/C=C/CC/C=C/C(O)C(COC1OC(CO)C(O)C(O)C1O)NC(=O)CCCCCC. The van der Waals surface area contributed by atoms with Crippen molar-refractivity contribution in [2.45, 2.75) is 243 Å². The lowest BCUT2D eigenvalue weighted by atomic mass is 9.99. The van der Waals surface area contributed by atoms with Gasteiger partial charge in [-0.1, -0.05) is 186 Å². The standard InChI is InChI=1S/C45H85NO8/c1-3-5-7-9-10-11-12-13-14-15-16-17-18-19-20-21-22-23-24-25-26-27-28-29-30-31-32-34-39(48)38(46-41(49)35-33-8-6-4-2)37-53-45-44(52)43(51)42(50)40(36-47)54-45/h28-29,32,34,38-40,42-45,47-48,50-52H,3-27,30-31,33,35-37H2,1-2H3,(H,46,49)/b29-28+,34-32+. The fourth-order valence-corrected chi connectivity index (χ4v) is 7.11. The van der Waals surface area contributed by atoms with E-state index in [2.05, 4.69) is 31.3 Å². The summed E-state index contributed by atoms with van der Waals surface area (Å²) >= 11 is 0. The van der Waals surface area contributed by atoms with Crippen molar-refractivity contribution in [3.63, 3.8) is 0 Å². The summed E-state index contributed by atoms with van der Waals surface area (Å²) < 4.78 is 11.1. The van der Waals surface area contributed by atoms with E-state index < -0.39 is 49.5 Å². The average molecular weight is 768 g/mol. The van der Waals surface area contributed by atoms with Crippen molar-refractivity contribution in [3.8, 4) is 0 Å². The van der Waals surface area contributed by atoms with Crippen molar-refractivity contribution in [1.82, 2.24) is 5.32 Å². The number of amides is 1. The molecular formula is C45H85NO8. The van der Waals surface area contributed by atoms with Gasteiger partial charge in [0.15, 0.2) is 6.29 Å². The van der Waals surface area contributed by atoms with Crippen LogP contribution in [0.15, 0.2) is 24.3 Å². The maximum Gasteiger partial charge on any atom is 0.220 e. The van der Waals surface area contributed by atoms with Crippen LogP contribution in [0.1, 0.15) is 200 Å². The number of carbonyl (C=O) groups excluding carboxylic acids is 1. The molecule has 1 heterocycles. The number of aliphatic hydroxyl groups excluding tert-OH is 5. The Balaban J connectivity index is 2.15. The van der Waals surface area contributed by atoms with Gasteiger partial charge >= 0.3 is 0 Å². The molecular weight excluding hydrogens is 682 g/mol. The minimum atomic E-state index is -1.57. The number of ether oxygens (including phenoxy) is 2. The van der Waals surface area contributed by atoms with Crippen LogP contribution < -0.4 is 5.32 Å². The van der Waals surface area contributed by atoms with Gasteiger partial charge in [0.1, 0.15) is 24.4 Å². The van der Waals surface area contributed by atoms with Crippen LogP contribution in [0.2, 0.25) is 0 Å². The summed E-state index contributed by atoms with van der Waals surface area (Å²) in [6.45, 7) is 3.63. The van der Waals surface area contributed by atoms with Gasteiger partial charge in [0.25, 0.3) is 0 Å². The highest BCUT2D eigenvalue weighted by atomic mass is 16.7. The predicted molar refractivity (Wildman–Crippen MR) is 221 cm³/mol. The lowest BCUT2D eigenvalue weighted by Crippen LogP contribution is -2.60. The molecule has 0 spiro atoms. The molecule has 7 atom stereocenters. The second-order valence-electron chi connectivity index (χ2n) is 15.8. The van der Waals surface area contributed by atoms with E-state index in [0.29, 0.717) is 6.42 Å². The second-order valence-corrected chi connectivity index (χ2v) is 15.8. The van der Waals surface area contributed by atoms with Crippen molar-refractivity contribution in [1.29, 1.82) is 0 Å². The van der Waals surface area contributed by atoms with Crippen LogP contribution in [0.4, 0.5) is 0 Å². The van der Waals surface area contributed by atoms with Crippen molar-refractivity contribution in [2.75, 3.05) is 13.2 Å². The number of hydrogen-bond donors (Lipinski definition) is 6. The lowest BCUT2D eigenvalue weighted by Gasteiger charge is -2.40. The largest absolute Gasteiger partial charge is 0.394 e. The van der Waals surface area contributed by atoms with Crippen LogP contribution in [0.3, 0.4) is 0 Å². The van der Waals surface area contributed by atoms with E-state index >= 15 is 0 Å². The third-order valence-electron chi connectivity index (χ3n) is 10.8. The smallest absolute Gasteiger partial charge is 0.220 e. The molecule has 0 aromatic rings.